The molecule has 1 unspecified atom stereocenters. The molecule has 78 valence electrons. The molecule has 0 aromatic rings. The van der Waals surface area contributed by atoms with E-state index in [1.807, 2.05) is 13.8 Å². The van der Waals surface area contributed by atoms with Gasteiger partial charge in [-0.2, -0.15) is 0 Å². The van der Waals surface area contributed by atoms with E-state index in [2.05, 4.69) is 5.32 Å². The first kappa shape index (κ1) is 13.6. The lowest BCUT2D eigenvalue weighted by Crippen LogP contribution is -2.70. The van der Waals surface area contributed by atoms with Crippen LogP contribution in [0, 0.1) is 0 Å². The van der Waals surface area contributed by atoms with Crippen molar-refractivity contribution in [2.75, 3.05) is 0 Å². The second-order valence-electron chi connectivity index (χ2n) is 4.44. The average Bonchev–Trinajstić information content (AvgIpc) is 2.01. The first-order valence-electron chi connectivity index (χ1n) is 4.88. The monoisotopic (exact) mass is 197 g/mol. The van der Waals surface area contributed by atoms with Gasteiger partial charge in [-0.1, -0.05) is 6.92 Å². The van der Waals surface area contributed by atoms with E-state index in [1.54, 1.807) is 0 Å². The maximum Gasteiger partial charge on any atom is 0.316 e. The summed E-state index contributed by atoms with van der Waals surface area (Å²) in [5, 5.41) is 20.5. The van der Waals surface area contributed by atoms with Gasteiger partial charge in [-0.05, 0) is 13.3 Å². The number of hydrogen-bond acceptors (Lipinski definition) is 3. The van der Waals surface area contributed by atoms with Gasteiger partial charge in [0.25, 0.3) is 0 Å². The maximum atomic E-state index is 11.1. The fraction of sp³-hybridized carbons (Fsp3) is 0.857. The number of carboxylic acid groups (broad SMARTS) is 1. The number of hydrogen-bond donors (Lipinski definition) is 3. The van der Waals surface area contributed by atoms with E-state index in [4.69, 9.17) is 5.11 Å². The highest BCUT2D eigenvalue weighted by Crippen LogP contribution is 2.14. The minimum Gasteiger partial charge on any atom is -0.480 e. The molecule has 0 amide bonds. The van der Waals surface area contributed by atoms with E-state index >= 15 is 0 Å². The average molecular weight is 197 g/mol. The summed E-state index contributed by atoms with van der Waals surface area (Å²) in [6, 6.07) is 0.0579. The molecule has 0 saturated heterocycles. The van der Waals surface area contributed by atoms with Crippen LogP contribution in [0.2, 0.25) is 0 Å². The highest BCUT2D eigenvalue weighted by Gasteiger charge is 2.45. The van der Waals surface area contributed by atoms with Crippen molar-refractivity contribution in [3.63, 3.8) is 0 Å². The van der Waals surface area contributed by atoms with Crippen molar-refractivity contribution >= 4 is 29.5 Å². The number of aliphatic hydroxyl groups is 1. The Balaban J connectivity index is 4.84. The molecule has 0 aromatic heterocycles. The van der Waals surface area contributed by atoms with Gasteiger partial charge in [-0.15, -0.1) is 0 Å². The molecule has 0 fully saturated rings. The standard InChI is InChI=1S/C7H18B3NO3/c1-3-4(2)11-6(8,5(12)13)7(9,10)14/h4,11,14H,3,8-10H2,1-2H3,(H,12,13)/t4?,6-/m0/s1. The zero-order chi connectivity index (χ0) is 11.6. The van der Waals surface area contributed by atoms with Crippen LogP contribution < -0.4 is 5.32 Å². The first-order chi connectivity index (χ1) is 6.15. The summed E-state index contributed by atoms with van der Waals surface area (Å²) in [6.45, 7) is 3.86. The highest BCUT2D eigenvalue weighted by atomic mass is 16.4. The summed E-state index contributed by atoms with van der Waals surface area (Å²) < 4.78 is 0. The highest BCUT2D eigenvalue weighted by molar-refractivity contribution is 6.48. The van der Waals surface area contributed by atoms with Crippen molar-refractivity contribution in [3.8, 4) is 0 Å². The van der Waals surface area contributed by atoms with E-state index in [0.29, 0.717) is 0 Å². The molecule has 0 saturated carbocycles. The fourth-order valence-electron chi connectivity index (χ4n) is 1.09. The predicted molar refractivity (Wildman–Crippen MR) is 63.8 cm³/mol. The maximum absolute atomic E-state index is 11.1. The van der Waals surface area contributed by atoms with Crippen LogP contribution in [-0.2, 0) is 4.79 Å². The molecule has 0 bridgehead atoms. The van der Waals surface area contributed by atoms with Gasteiger partial charge in [-0.25, -0.2) is 0 Å². The zero-order valence-electron chi connectivity index (χ0n) is 9.59. The molecule has 3 N–H and O–H groups in total. The molecule has 0 radical (unpaired) electrons. The zero-order valence-corrected chi connectivity index (χ0v) is 9.59. The van der Waals surface area contributed by atoms with Gasteiger partial charge in [0.05, 0.1) is 5.44 Å². The van der Waals surface area contributed by atoms with Gasteiger partial charge in [-0.3, -0.25) is 4.79 Å². The number of carbonyl (C=O) groups is 1. The normalized spacial score (nSPS) is 18.5. The van der Waals surface area contributed by atoms with Crippen LogP contribution in [-0.4, -0.2) is 56.6 Å². The Morgan fingerprint density at radius 1 is 1.50 bits per heavy atom. The third-order valence-electron chi connectivity index (χ3n) is 2.80. The van der Waals surface area contributed by atoms with E-state index in [0.717, 1.165) is 6.42 Å². The first-order valence-corrected chi connectivity index (χ1v) is 4.88. The Bertz CT molecular complexity index is 219. The molecule has 0 aliphatic heterocycles. The fourth-order valence-corrected chi connectivity index (χ4v) is 1.09. The van der Waals surface area contributed by atoms with Crippen LogP contribution in [0.25, 0.3) is 0 Å². The Morgan fingerprint density at radius 2 is 1.93 bits per heavy atom. The summed E-state index contributed by atoms with van der Waals surface area (Å²) in [6.07, 6.45) is 0.818. The molecular weight excluding hydrogens is 179 g/mol. The van der Waals surface area contributed by atoms with Crippen molar-refractivity contribution in [1.29, 1.82) is 0 Å². The van der Waals surface area contributed by atoms with E-state index in [9.17, 15) is 9.90 Å². The third-order valence-corrected chi connectivity index (χ3v) is 2.80. The molecule has 0 aliphatic rings. The van der Waals surface area contributed by atoms with Crippen LogP contribution in [0.4, 0.5) is 0 Å². The molecule has 7 heteroatoms. The van der Waals surface area contributed by atoms with Gasteiger partial charge < -0.3 is 15.5 Å². The van der Waals surface area contributed by atoms with Crippen molar-refractivity contribution in [2.24, 2.45) is 0 Å². The van der Waals surface area contributed by atoms with Gasteiger partial charge >= 0.3 is 5.97 Å². The Morgan fingerprint density at radius 3 is 2.14 bits per heavy atom. The molecular formula is C7H18B3NO3. The van der Waals surface area contributed by atoms with Crippen molar-refractivity contribution < 1.29 is 15.0 Å². The Labute approximate surface area is 87.7 Å². The van der Waals surface area contributed by atoms with Crippen molar-refractivity contribution in [3.05, 3.63) is 0 Å². The topological polar surface area (TPSA) is 69.6 Å². The van der Waals surface area contributed by atoms with Crippen LogP contribution in [0.5, 0.6) is 0 Å². The lowest BCUT2D eigenvalue weighted by atomic mass is 9.47. The van der Waals surface area contributed by atoms with Crippen LogP contribution in [0.3, 0.4) is 0 Å². The van der Waals surface area contributed by atoms with Gasteiger partial charge in [0.1, 0.15) is 23.5 Å². The van der Waals surface area contributed by atoms with E-state index in [-0.39, 0.29) is 6.04 Å². The van der Waals surface area contributed by atoms with Crippen molar-refractivity contribution in [2.45, 2.75) is 37.1 Å². The summed E-state index contributed by atoms with van der Waals surface area (Å²) in [7, 11) is 4.49. The van der Waals surface area contributed by atoms with Gasteiger partial charge in [0.15, 0.2) is 0 Å². The smallest absolute Gasteiger partial charge is 0.316 e. The quantitative estimate of drug-likeness (QED) is 0.403. The molecule has 14 heavy (non-hydrogen) atoms. The predicted octanol–water partition coefficient (Wildman–Crippen LogP) is -3.30. The molecule has 0 aliphatic carbocycles. The minimum atomic E-state index is -1.32. The number of rotatable bonds is 5. The van der Waals surface area contributed by atoms with Crippen LogP contribution in [0.1, 0.15) is 20.3 Å². The number of aliphatic carboxylic acids is 1. The number of carboxylic acids is 1. The summed E-state index contributed by atoms with van der Waals surface area (Å²) in [5.41, 5.74) is -1.32. The Hall–Kier alpha value is -0.415. The third kappa shape index (κ3) is 2.79. The second kappa shape index (κ2) is 4.40. The summed E-state index contributed by atoms with van der Waals surface area (Å²) >= 11 is 0. The van der Waals surface area contributed by atoms with Crippen LogP contribution >= 0.6 is 0 Å². The minimum absolute atomic E-state index is 0.0579. The largest absolute Gasteiger partial charge is 0.480 e. The molecule has 0 heterocycles. The molecule has 0 aromatic carbocycles. The molecule has 4 nitrogen and oxygen atoms in total. The van der Waals surface area contributed by atoms with Gasteiger partial charge in [0.2, 0.25) is 0 Å². The number of nitrogens with one attached hydrogen (secondary N) is 1. The second-order valence-corrected chi connectivity index (χ2v) is 4.44. The molecule has 0 rings (SSSR count). The Kier molecular flexibility index (Phi) is 4.27. The summed E-state index contributed by atoms with van der Waals surface area (Å²) in [4.78, 5) is 11.1. The van der Waals surface area contributed by atoms with Gasteiger partial charge in [0, 0.05) is 11.4 Å². The lowest BCUT2D eigenvalue weighted by molar-refractivity contribution is -0.144. The van der Waals surface area contributed by atoms with Crippen LogP contribution in [0.15, 0.2) is 0 Å². The SMILES string of the molecule is BC(B)(O)[C@@](B)(NC(C)CC)C(=O)O. The lowest BCUT2D eigenvalue weighted by Gasteiger charge is -2.40. The molecule has 0 spiro atoms. The summed E-state index contributed by atoms with van der Waals surface area (Å²) in [5.74, 6) is -1.04. The van der Waals surface area contributed by atoms with E-state index in [1.165, 1.54) is 23.5 Å². The van der Waals surface area contributed by atoms with Crippen molar-refractivity contribution in [1.82, 2.24) is 5.32 Å². The van der Waals surface area contributed by atoms with E-state index < -0.39 is 16.8 Å². The molecule has 2 atom stereocenters.